The van der Waals surface area contributed by atoms with Gasteiger partial charge in [0.15, 0.2) is 6.61 Å². The number of carbonyl (C=O) groups is 1. The molecule has 0 saturated carbocycles. The molecule has 26 heavy (non-hydrogen) atoms. The van der Waals surface area contributed by atoms with Crippen molar-refractivity contribution in [2.24, 2.45) is 0 Å². The molecule has 1 aromatic rings. The summed E-state index contributed by atoms with van der Waals surface area (Å²) in [6, 6.07) is 2.37. The fourth-order valence-corrected chi connectivity index (χ4v) is 3.86. The van der Waals surface area contributed by atoms with Gasteiger partial charge >= 0.3 is 18.3 Å². The Kier molecular flexibility index (Phi) is 7.55. The Bertz CT molecular complexity index is 741. The van der Waals surface area contributed by atoms with Crippen molar-refractivity contribution < 1.29 is 35.5 Å². The summed E-state index contributed by atoms with van der Waals surface area (Å²) in [4.78, 5) is 12.0. The molecule has 148 valence electrons. The van der Waals surface area contributed by atoms with E-state index in [9.17, 15) is 30.8 Å². The first-order valence-corrected chi connectivity index (χ1v) is 9.50. The van der Waals surface area contributed by atoms with Crippen LogP contribution in [0.25, 0.3) is 0 Å². The Labute approximate surface area is 157 Å². The quantitative estimate of drug-likeness (QED) is 0.453. The lowest BCUT2D eigenvalue weighted by Gasteiger charge is -2.30. The van der Waals surface area contributed by atoms with Crippen molar-refractivity contribution in [2.45, 2.75) is 32.2 Å². The molecule has 0 saturated heterocycles. The summed E-state index contributed by atoms with van der Waals surface area (Å²) in [5.41, 5.74) is -0.247. The van der Waals surface area contributed by atoms with Crippen LogP contribution in [-0.4, -0.2) is 45.1 Å². The number of hydrogen-bond acceptors (Lipinski definition) is 4. The Balaban J connectivity index is 3.23. The SMILES string of the molecule is CCS(=O)(=O)N(c1c(Cl)cccc1Cl)C(C)C(=O)OCC(F)(F)C(F)F. The monoisotopic (exact) mass is 439 g/mol. The van der Waals surface area contributed by atoms with Crippen molar-refractivity contribution in [1.29, 1.82) is 0 Å². The number of hydrogen-bond donors (Lipinski definition) is 0. The largest absolute Gasteiger partial charge is 0.457 e. The van der Waals surface area contributed by atoms with E-state index in [1.165, 1.54) is 25.1 Å². The molecule has 0 fully saturated rings. The fourth-order valence-electron chi connectivity index (χ4n) is 1.86. The molecule has 1 atom stereocenters. The first-order chi connectivity index (χ1) is 11.8. The van der Waals surface area contributed by atoms with Crippen molar-refractivity contribution in [3.8, 4) is 0 Å². The second-order valence-corrected chi connectivity index (χ2v) is 8.06. The zero-order valence-electron chi connectivity index (χ0n) is 13.6. The standard InChI is InChI=1S/C14H15Cl2F4NO4S/c1-3-26(23,24)21(11-9(15)5-4-6-10(11)16)8(2)12(22)25-7-14(19,20)13(17)18/h4-6,8,13H,3,7H2,1-2H3. The van der Waals surface area contributed by atoms with Gasteiger partial charge in [-0.15, -0.1) is 0 Å². The van der Waals surface area contributed by atoms with Crippen LogP contribution in [0, 0.1) is 0 Å². The fraction of sp³-hybridized carbons (Fsp3) is 0.500. The Hall–Kier alpha value is -1.26. The second kappa shape index (κ2) is 8.62. The number of halogens is 6. The first kappa shape index (κ1) is 22.8. The van der Waals surface area contributed by atoms with Crippen LogP contribution >= 0.6 is 23.2 Å². The maximum Gasteiger partial charge on any atom is 0.340 e. The van der Waals surface area contributed by atoms with Gasteiger partial charge < -0.3 is 4.74 Å². The molecule has 0 aliphatic heterocycles. The number of esters is 1. The highest BCUT2D eigenvalue weighted by molar-refractivity contribution is 7.92. The average molecular weight is 440 g/mol. The van der Waals surface area contributed by atoms with Crippen LogP contribution in [0.3, 0.4) is 0 Å². The van der Waals surface area contributed by atoms with E-state index in [2.05, 4.69) is 4.74 Å². The van der Waals surface area contributed by atoms with Gasteiger partial charge in [0.1, 0.15) is 6.04 Å². The van der Waals surface area contributed by atoms with Crippen molar-refractivity contribution in [3.63, 3.8) is 0 Å². The van der Waals surface area contributed by atoms with Gasteiger partial charge in [-0.3, -0.25) is 4.31 Å². The Morgan fingerprint density at radius 3 is 2.19 bits per heavy atom. The molecule has 0 aliphatic carbocycles. The van der Waals surface area contributed by atoms with Crippen LogP contribution in [0.15, 0.2) is 18.2 Å². The minimum absolute atomic E-state index is 0.118. The van der Waals surface area contributed by atoms with Crippen LogP contribution in [0.1, 0.15) is 13.8 Å². The summed E-state index contributed by atoms with van der Waals surface area (Å²) in [7, 11) is -4.14. The van der Waals surface area contributed by atoms with Gasteiger partial charge in [-0.25, -0.2) is 22.0 Å². The van der Waals surface area contributed by atoms with Crippen molar-refractivity contribution in [1.82, 2.24) is 0 Å². The predicted molar refractivity (Wildman–Crippen MR) is 89.8 cm³/mol. The highest BCUT2D eigenvalue weighted by atomic mass is 35.5. The Morgan fingerprint density at radius 1 is 1.27 bits per heavy atom. The lowest BCUT2D eigenvalue weighted by molar-refractivity contribution is -0.180. The summed E-state index contributed by atoms with van der Waals surface area (Å²) >= 11 is 11.9. The van der Waals surface area contributed by atoms with E-state index in [0.29, 0.717) is 4.31 Å². The number of carbonyl (C=O) groups excluding carboxylic acids is 1. The second-order valence-electron chi connectivity index (χ2n) is 5.11. The molecule has 0 spiro atoms. The summed E-state index contributed by atoms with van der Waals surface area (Å²) in [6.45, 7) is 0.413. The zero-order valence-corrected chi connectivity index (χ0v) is 15.9. The summed E-state index contributed by atoms with van der Waals surface area (Å²) < 4.78 is 79.7. The highest BCUT2D eigenvalue weighted by Crippen LogP contribution is 2.37. The van der Waals surface area contributed by atoms with Crippen LogP contribution in [-0.2, 0) is 19.6 Å². The molecule has 12 heteroatoms. The molecular weight excluding hydrogens is 425 g/mol. The van der Waals surface area contributed by atoms with E-state index in [1.54, 1.807) is 0 Å². The van der Waals surface area contributed by atoms with Crippen molar-refractivity contribution in [2.75, 3.05) is 16.7 Å². The molecule has 1 rings (SSSR count). The molecule has 1 unspecified atom stereocenters. The molecule has 0 aliphatic rings. The molecule has 1 aromatic carbocycles. The molecule has 0 N–H and O–H groups in total. The van der Waals surface area contributed by atoms with E-state index in [4.69, 9.17) is 23.2 Å². The van der Waals surface area contributed by atoms with Gasteiger partial charge in [0.25, 0.3) is 0 Å². The lowest BCUT2D eigenvalue weighted by Crippen LogP contribution is -2.46. The number of anilines is 1. The number of rotatable bonds is 8. The van der Waals surface area contributed by atoms with E-state index >= 15 is 0 Å². The lowest BCUT2D eigenvalue weighted by atomic mass is 10.2. The van der Waals surface area contributed by atoms with Gasteiger partial charge in [-0.05, 0) is 26.0 Å². The van der Waals surface area contributed by atoms with Gasteiger partial charge in [0.2, 0.25) is 10.0 Å². The average Bonchev–Trinajstić information content (AvgIpc) is 2.55. The van der Waals surface area contributed by atoms with E-state index in [1.807, 2.05) is 0 Å². The number of ether oxygens (including phenoxy) is 1. The topological polar surface area (TPSA) is 63.7 Å². The Morgan fingerprint density at radius 2 is 1.77 bits per heavy atom. The number of nitrogens with zero attached hydrogens (tertiary/aromatic N) is 1. The van der Waals surface area contributed by atoms with Crippen LogP contribution in [0.4, 0.5) is 23.2 Å². The maximum absolute atomic E-state index is 12.9. The number of alkyl halides is 4. The molecule has 0 amide bonds. The molecule has 0 radical (unpaired) electrons. The van der Waals surface area contributed by atoms with Crippen molar-refractivity contribution in [3.05, 3.63) is 28.2 Å². The maximum atomic E-state index is 12.9. The summed E-state index contributed by atoms with van der Waals surface area (Å²) in [5, 5.41) is -0.237. The van der Waals surface area contributed by atoms with Gasteiger partial charge in [-0.1, -0.05) is 29.3 Å². The van der Waals surface area contributed by atoms with Gasteiger partial charge in [-0.2, -0.15) is 8.78 Å². The predicted octanol–water partition coefficient (Wildman–Crippen LogP) is 3.98. The molecule has 5 nitrogen and oxygen atoms in total. The molecular formula is C14H15Cl2F4NO4S. The van der Waals surface area contributed by atoms with E-state index in [0.717, 1.165) is 6.92 Å². The van der Waals surface area contributed by atoms with Gasteiger partial charge in [0, 0.05) is 0 Å². The van der Waals surface area contributed by atoms with Crippen LogP contribution in [0.5, 0.6) is 0 Å². The first-order valence-electron chi connectivity index (χ1n) is 7.14. The van der Waals surface area contributed by atoms with Crippen LogP contribution in [0.2, 0.25) is 10.0 Å². The third-order valence-corrected chi connectivity index (χ3v) is 5.68. The van der Waals surface area contributed by atoms with E-state index in [-0.39, 0.29) is 15.7 Å². The molecule has 0 bridgehead atoms. The molecule has 0 aromatic heterocycles. The third kappa shape index (κ3) is 5.14. The minimum Gasteiger partial charge on any atom is -0.457 e. The number of para-hydroxylation sites is 1. The van der Waals surface area contributed by atoms with E-state index < -0.39 is 46.7 Å². The normalized spacial score (nSPS) is 13.6. The van der Waals surface area contributed by atoms with Gasteiger partial charge in [0.05, 0.1) is 21.5 Å². The summed E-state index contributed by atoms with van der Waals surface area (Å²) in [5.74, 6) is -6.50. The van der Waals surface area contributed by atoms with Crippen LogP contribution < -0.4 is 4.31 Å². The number of sulfonamides is 1. The minimum atomic E-state index is -4.56. The third-order valence-electron chi connectivity index (χ3n) is 3.24. The molecule has 0 heterocycles. The smallest absolute Gasteiger partial charge is 0.340 e. The zero-order chi connectivity index (χ0) is 20.3. The highest BCUT2D eigenvalue weighted by Gasteiger charge is 2.43. The number of benzene rings is 1. The summed E-state index contributed by atoms with van der Waals surface area (Å²) in [6.07, 6.45) is -4.04. The van der Waals surface area contributed by atoms with Crippen molar-refractivity contribution >= 4 is 44.9 Å².